The highest BCUT2D eigenvalue weighted by Gasteiger charge is 2.17. The summed E-state index contributed by atoms with van der Waals surface area (Å²) in [5.74, 6) is -0.824. The number of aromatic nitrogens is 3. The fourth-order valence-electron chi connectivity index (χ4n) is 3.01. The third kappa shape index (κ3) is 2.59. The molecule has 0 radical (unpaired) electrons. The van der Waals surface area contributed by atoms with E-state index >= 15 is 0 Å². The number of H-pyrrole nitrogens is 2. The van der Waals surface area contributed by atoms with E-state index in [4.69, 9.17) is 4.74 Å². The van der Waals surface area contributed by atoms with E-state index in [9.17, 15) is 9.59 Å². The Labute approximate surface area is 148 Å². The summed E-state index contributed by atoms with van der Waals surface area (Å²) >= 11 is 0. The molecule has 4 rings (SSSR count). The predicted molar refractivity (Wildman–Crippen MR) is 98.4 cm³/mol. The van der Waals surface area contributed by atoms with Crippen molar-refractivity contribution >= 4 is 39.4 Å². The van der Waals surface area contributed by atoms with E-state index in [2.05, 4.69) is 20.5 Å². The molecule has 26 heavy (non-hydrogen) atoms. The second kappa shape index (κ2) is 6.03. The molecule has 0 atom stereocenters. The first-order valence-corrected chi connectivity index (χ1v) is 8.02. The molecule has 2 aromatic carbocycles. The molecule has 0 fully saturated rings. The van der Waals surface area contributed by atoms with Crippen LogP contribution < -0.4 is 5.32 Å². The van der Waals surface area contributed by atoms with Crippen molar-refractivity contribution < 1.29 is 14.3 Å². The van der Waals surface area contributed by atoms with Gasteiger partial charge in [0.1, 0.15) is 0 Å². The molecule has 130 valence electrons. The zero-order valence-electron chi connectivity index (χ0n) is 14.2. The number of methoxy groups -OCH3 is 1. The van der Waals surface area contributed by atoms with Crippen LogP contribution in [-0.2, 0) is 4.74 Å². The third-order valence-electron chi connectivity index (χ3n) is 4.27. The molecular weight excluding hydrogens is 332 g/mol. The molecule has 0 saturated heterocycles. The summed E-state index contributed by atoms with van der Waals surface area (Å²) in [5, 5.41) is 11.3. The Morgan fingerprint density at radius 1 is 1.08 bits per heavy atom. The van der Waals surface area contributed by atoms with Gasteiger partial charge in [-0.1, -0.05) is 11.6 Å². The highest BCUT2D eigenvalue weighted by Crippen LogP contribution is 2.25. The summed E-state index contributed by atoms with van der Waals surface area (Å²) in [6.45, 7) is 1.95. The molecule has 4 aromatic rings. The van der Waals surface area contributed by atoms with Crippen LogP contribution in [-0.4, -0.2) is 34.2 Å². The molecule has 0 spiro atoms. The molecule has 0 saturated carbocycles. The third-order valence-corrected chi connectivity index (χ3v) is 4.27. The van der Waals surface area contributed by atoms with Crippen molar-refractivity contribution in [3.63, 3.8) is 0 Å². The largest absolute Gasteiger partial charge is 0.465 e. The summed E-state index contributed by atoms with van der Waals surface area (Å²) < 4.78 is 4.83. The van der Waals surface area contributed by atoms with Crippen molar-refractivity contribution in [3.8, 4) is 0 Å². The standard InChI is InChI=1S/C19H16N4O3/c1-10-3-4-15-14(7-10)17(23-22-15)18(24)21-11-8-13(19(25)26-2)12-5-6-20-16(12)9-11/h3-9,20H,1-2H3,(H,21,24)(H,22,23). The van der Waals surface area contributed by atoms with Crippen LogP contribution in [0, 0.1) is 6.92 Å². The van der Waals surface area contributed by atoms with Gasteiger partial charge in [-0.05, 0) is 37.3 Å². The smallest absolute Gasteiger partial charge is 0.338 e. The number of carbonyl (C=O) groups is 2. The maximum absolute atomic E-state index is 12.7. The van der Waals surface area contributed by atoms with E-state index in [0.717, 1.165) is 27.4 Å². The zero-order valence-corrected chi connectivity index (χ0v) is 14.2. The molecule has 0 aliphatic rings. The lowest BCUT2D eigenvalue weighted by molar-refractivity contribution is 0.0603. The van der Waals surface area contributed by atoms with Gasteiger partial charge in [0, 0.05) is 28.2 Å². The van der Waals surface area contributed by atoms with Gasteiger partial charge in [0.15, 0.2) is 5.69 Å². The van der Waals surface area contributed by atoms with Crippen LogP contribution in [0.3, 0.4) is 0 Å². The minimum Gasteiger partial charge on any atom is -0.465 e. The van der Waals surface area contributed by atoms with Crippen molar-refractivity contribution in [1.82, 2.24) is 15.2 Å². The monoisotopic (exact) mass is 348 g/mol. The quantitative estimate of drug-likeness (QED) is 0.494. The van der Waals surface area contributed by atoms with Gasteiger partial charge in [0.2, 0.25) is 0 Å². The minimum absolute atomic E-state index is 0.301. The van der Waals surface area contributed by atoms with Crippen LogP contribution in [0.1, 0.15) is 26.4 Å². The molecule has 7 nitrogen and oxygen atoms in total. The van der Waals surface area contributed by atoms with Crippen molar-refractivity contribution in [2.45, 2.75) is 6.92 Å². The number of hydrogen-bond acceptors (Lipinski definition) is 4. The fourth-order valence-corrected chi connectivity index (χ4v) is 3.01. The normalized spacial score (nSPS) is 11.0. The molecule has 1 amide bonds. The van der Waals surface area contributed by atoms with Crippen molar-refractivity contribution in [2.75, 3.05) is 12.4 Å². The average molecular weight is 348 g/mol. The SMILES string of the molecule is COC(=O)c1cc(NC(=O)c2n[nH]c3ccc(C)cc23)cc2[nH]ccc12. The summed E-state index contributed by atoms with van der Waals surface area (Å²) in [5.41, 5.74) is 3.71. The van der Waals surface area contributed by atoms with E-state index in [-0.39, 0.29) is 5.91 Å². The number of benzene rings is 2. The summed E-state index contributed by atoms with van der Waals surface area (Å²) in [7, 11) is 1.32. The van der Waals surface area contributed by atoms with Crippen LogP contribution in [0.2, 0.25) is 0 Å². The van der Waals surface area contributed by atoms with Crippen LogP contribution in [0.4, 0.5) is 5.69 Å². The molecule has 0 aliphatic heterocycles. The number of hydrogen-bond donors (Lipinski definition) is 3. The first-order chi connectivity index (χ1) is 12.6. The van der Waals surface area contributed by atoms with Gasteiger partial charge in [0.25, 0.3) is 5.91 Å². The second-order valence-corrected chi connectivity index (χ2v) is 6.03. The van der Waals surface area contributed by atoms with E-state index < -0.39 is 5.97 Å². The van der Waals surface area contributed by atoms with Crippen LogP contribution >= 0.6 is 0 Å². The van der Waals surface area contributed by atoms with Gasteiger partial charge in [-0.2, -0.15) is 5.10 Å². The lowest BCUT2D eigenvalue weighted by Gasteiger charge is -2.08. The summed E-state index contributed by atoms with van der Waals surface area (Å²) in [6.07, 6.45) is 1.73. The van der Waals surface area contributed by atoms with Crippen LogP contribution in [0.15, 0.2) is 42.6 Å². The number of fused-ring (bicyclic) bond motifs is 2. The predicted octanol–water partition coefficient (Wildman–Crippen LogP) is 3.39. The van der Waals surface area contributed by atoms with Gasteiger partial charge in [-0.15, -0.1) is 0 Å². The number of nitrogens with zero attached hydrogens (tertiary/aromatic N) is 1. The van der Waals surface area contributed by atoms with Gasteiger partial charge in [-0.3, -0.25) is 9.89 Å². The molecule has 7 heteroatoms. The maximum Gasteiger partial charge on any atom is 0.338 e. The fraction of sp³-hybridized carbons (Fsp3) is 0.105. The molecule has 0 unspecified atom stereocenters. The number of carbonyl (C=O) groups excluding carboxylic acids is 2. The van der Waals surface area contributed by atoms with E-state index in [1.54, 1.807) is 24.4 Å². The molecule has 0 bridgehead atoms. The Morgan fingerprint density at radius 3 is 2.73 bits per heavy atom. The van der Waals surface area contributed by atoms with E-state index in [0.29, 0.717) is 16.9 Å². The number of aromatic amines is 2. The Balaban J connectivity index is 1.73. The Bertz CT molecular complexity index is 1160. The van der Waals surface area contributed by atoms with Crippen LogP contribution in [0.5, 0.6) is 0 Å². The number of esters is 1. The van der Waals surface area contributed by atoms with Gasteiger partial charge in [0.05, 0.1) is 18.2 Å². The topological polar surface area (TPSA) is 99.9 Å². The number of amides is 1. The van der Waals surface area contributed by atoms with E-state index in [1.807, 2.05) is 25.1 Å². The highest BCUT2D eigenvalue weighted by atomic mass is 16.5. The summed E-state index contributed by atoms with van der Waals surface area (Å²) in [6, 6.07) is 10.9. The Hall–Kier alpha value is -3.61. The number of aryl methyl sites for hydroxylation is 1. The van der Waals surface area contributed by atoms with E-state index in [1.165, 1.54) is 7.11 Å². The molecule has 2 aromatic heterocycles. The number of anilines is 1. The highest BCUT2D eigenvalue weighted by molar-refractivity contribution is 6.13. The lowest BCUT2D eigenvalue weighted by atomic mass is 10.1. The first kappa shape index (κ1) is 15.9. The maximum atomic E-state index is 12.7. The zero-order chi connectivity index (χ0) is 18.3. The number of ether oxygens (including phenoxy) is 1. The molecular formula is C19H16N4O3. The van der Waals surface area contributed by atoms with Gasteiger partial charge >= 0.3 is 5.97 Å². The van der Waals surface area contributed by atoms with Crippen molar-refractivity contribution in [3.05, 3.63) is 59.4 Å². The van der Waals surface area contributed by atoms with Gasteiger partial charge < -0.3 is 15.0 Å². The van der Waals surface area contributed by atoms with Crippen molar-refractivity contribution in [1.29, 1.82) is 0 Å². The Morgan fingerprint density at radius 2 is 1.92 bits per heavy atom. The van der Waals surface area contributed by atoms with Crippen molar-refractivity contribution in [2.24, 2.45) is 0 Å². The Kier molecular flexibility index (Phi) is 3.69. The lowest BCUT2D eigenvalue weighted by Crippen LogP contribution is -2.13. The second-order valence-electron chi connectivity index (χ2n) is 6.03. The molecule has 2 heterocycles. The first-order valence-electron chi connectivity index (χ1n) is 8.02. The molecule has 3 N–H and O–H groups in total. The summed E-state index contributed by atoms with van der Waals surface area (Å²) in [4.78, 5) is 27.8. The van der Waals surface area contributed by atoms with Crippen LogP contribution in [0.25, 0.3) is 21.8 Å². The average Bonchev–Trinajstić information content (AvgIpc) is 3.26. The number of rotatable bonds is 3. The number of nitrogens with one attached hydrogen (secondary N) is 3. The van der Waals surface area contributed by atoms with Gasteiger partial charge in [-0.25, -0.2) is 4.79 Å². The minimum atomic E-state index is -0.466. The molecule has 0 aliphatic carbocycles.